The van der Waals surface area contributed by atoms with Gasteiger partial charge in [0, 0.05) is 25.9 Å². The van der Waals surface area contributed by atoms with Crippen LogP contribution in [0, 0.1) is 0 Å². The second-order valence-electron chi connectivity index (χ2n) is 6.23. The van der Waals surface area contributed by atoms with Crippen LogP contribution in [0.25, 0.3) is 0 Å². The van der Waals surface area contributed by atoms with Crippen LogP contribution >= 0.6 is 23.2 Å². The number of hydrogen-bond acceptors (Lipinski definition) is 3. The maximum Gasteiger partial charge on any atom is 0.222 e. The summed E-state index contributed by atoms with van der Waals surface area (Å²) >= 11 is 10.8. The third kappa shape index (κ3) is 18.1. The highest BCUT2D eigenvalue weighted by Gasteiger charge is 2.08. The Kier molecular flexibility index (Phi) is 16.6. The van der Waals surface area contributed by atoms with E-state index in [-0.39, 0.29) is 10.5 Å². The molecular weight excluding hydrogens is 333 g/mol. The average Bonchev–Trinajstić information content (AvgIpc) is 2.50. The van der Waals surface area contributed by atoms with E-state index in [2.05, 4.69) is 11.8 Å². The number of rotatable bonds is 17. The van der Waals surface area contributed by atoms with Crippen LogP contribution in [0.5, 0.6) is 0 Å². The van der Waals surface area contributed by atoms with E-state index in [4.69, 9.17) is 23.2 Å². The second kappa shape index (κ2) is 16.7. The first-order valence-corrected chi connectivity index (χ1v) is 9.91. The first kappa shape index (κ1) is 22.9. The first-order chi connectivity index (χ1) is 11.1. The molecule has 0 fully saturated rings. The highest BCUT2D eigenvalue weighted by Crippen LogP contribution is 2.11. The molecule has 0 heterocycles. The zero-order valence-corrected chi connectivity index (χ0v) is 16.1. The van der Waals surface area contributed by atoms with Gasteiger partial charge in [0.2, 0.25) is 10.5 Å². The number of unbranched alkanes of at least 4 members (excludes halogenated alkanes) is 9. The summed E-state index contributed by atoms with van der Waals surface area (Å²) in [7, 11) is 0. The zero-order chi connectivity index (χ0) is 17.3. The Hall–Kier alpha value is -0.120. The van der Waals surface area contributed by atoms with Crippen molar-refractivity contribution in [3.05, 3.63) is 0 Å². The van der Waals surface area contributed by atoms with E-state index in [0.29, 0.717) is 25.9 Å². The van der Waals surface area contributed by atoms with Gasteiger partial charge in [0.15, 0.2) is 0 Å². The maximum absolute atomic E-state index is 10.9. The molecule has 0 atom stereocenters. The molecule has 0 radical (unpaired) electrons. The summed E-state index contributed by atoms with van der Waals surface area (Å²) in [5, 5.41) is -0.648. The highest BCUT2D eigenvalue weighted by atomic mass is 35.5. The molecule has 136 valence electrons. The third-order valence-corrected chi connectivity index (χ3v) is 4.46. The normalized spacial score (nSPS) is 11.1. The molecule has 0 bridgehead atoms. The topological polar surface area (TPSA) is 37.4 Å². The molecule has 23 heavy (non-hydrogen) atoms. The maximum atomic E-state index is 10.9. The lowest BCUT2D eigenvalue weighted by Crippen LogP contribution is -2.29. The van der Waals surface area contributed by atoms with Gasteiger partial charge in [-0.2, -0.15) is 0 Å². The van der Waals surface area contributed by atoms with Gasteiger partial charge in [0.1, 0.15) is 0 Å². The molecule has 0 amide bonds. The fourth-order valence-corrected chi connectivity index (χ4v) is 2.82. The van der Waals surface area contributed by atoms with Gasteiger partial charge in [0.05, 0.1) is 0 Å². The number of carbonyl (C=O) groups excluding carboxylic acids is 2. The predicted octanol–water partition coefficient (Wildman–Crippen LogP) is 5.52. The molecule has 0 unspecified atom stereocenters. The number of nitrogens with zero attached hydrogens (tertiary/aromatic N) is 1. The Balaban J connectivity index is 3.60. The van der Waals surface area contributed by atoms with Gasteiger partial charge >= 0.3 is 0 Å². The molecule has 0 aromatic rings. The van der Waals surface area contributed by atoms with Crippen LogP contribution in [0.1, 0.15) is 84.0 Å². The van der Waals surface area contributed by atoms with Gasteiger partial charge in [-0.3, -0.25) is 9.59 Å². The Bertz CT molecular complexity index is 293. The molecule has 0 aliphatic heterocycles. The second-order valence-corrected chi connectivity index (χ2v) is 7.08. The average molecular weight is 366 g/mol. The largest absolute Gasteiger partial charge is 0.302 e. The summed E-state index contributed by atoms with van der Waals surface area (Å²) < 4.78 is 0. The van der Waals surface area contributed by atoms with Crippen molar-refractivity contribution < 1.29 is 9.59 Å². The van der Waals surface area contributed by atoms with E-state index >= 15 is 0 Å². The molecule has 0 saturated heterocycles. The lowest BCUT2D eigenvalue weighted by atomic mass is 10.1. The first-order valence-electron chi connectivity index (χ1n) is 9.15. The van der Waals surface area contributed by atoms with Crippen LogP contribution in [0.15, 0.2) is 0 Å². The van der Waals surface area contributed by atoms with Crippen LogP contribution in [-0.2, 0) is 9.59 Å². The Labute approximate surface area is 152 Å². The van der Waals surface area contributed by atoms with Crippen LogP contribution in [0.4, 0.5) is 0 Å². The Morgan fingerprint density at radius 3 is 1.43 bits per heavy atom. The predicted molar refractivity (Wildman–Crippen MR) is 99.2 cm³/mol. The summed E-state index contributed by atoms with van der Waals surface area (Å²) in [4.78, 5) is 23.9. The third-order valence-electron chi connectivity index (χ3n) is 4.08. The number of hydrogen-bond donors (Lipinski definition) is 0. The molecular formula is C18H33Cl2NO2. The number of halogens is 2. The van der Waals surface area contributed by atoms with Gasteiger partial charge < -0.3 is 4.90 Å². The minimum atomic E-state index is -0.324. The summed E-state index contributed by atoms with van der Waals surface area (Å²) in [5.74, 6) is 0. The molecule has 0 saturated carbocycles. The van der Waals surface area contributed by atoms with Crippen molar-refractivity contribution in [2.24, 2.45) is 0 Å². The van der Waals surface area contributed by atoms with Crippen LogP contribution < -0.4 is 0 Å². The van der Waals surface area contributed by atoms with Gasteiger partial charge in [-0.25, -0.2) is 0 Å². The quantitative estimate of drug-likeness (QED) is 0.251. The van der Waals surface area contributed by atoms with Gasteiger partial charge in [0.25, 0.3) is 0 Å². The van der Waals surface area contributed by atoms with E-state index in [1.165, 1.54) is 57.8 Å². The van der Waals surface area contributed by atoms with Gasteiger partial charge in [-0.1, -0.05) is 64.7 Å². The lowest BCUT2D eigenvalue weighted by Gasteiger charge is -2.20. The van der Waals surface area contributed by atoms with E-state index in [9.17, 15) is 9.59 Å². The minimum absolute atomic E-state index is 0.324. The molecule has 5 heteroatoms. The van der Waals surface area contributed by atoms with Crippen molar-refractivity contribution in [1.29, 1.82) is 0 Å². The zero-order valence-electron chi connectivity index (χ0n) is 14.6. The lowest BCUT2D eigenvalue weighted by molar-refractivity contribution is -0.112. The van der Waals surface area contributed by atoms with Crippen LogP contribution in [-0.4, -0.2) is 35.0 Å². The van der Waals surface area contributed by atoms with Crippen LogP contribution in [0.3, 0.4) is 0 Å². The molecule has 0 spiro atoms. The van der Waals surface area contributed by atoms with Gasteiger partial charge in [-0.05, 0) is 36.2 Å². The van der Waals surface area contributed by atoms with Crippen LogP contribution in [0.2, 0.25) is 0 Å². The van der Waals surface area contributed by atoms with E-state index in [1.807, 2.05) is 0 Å². The van der Waals surface area contributed by atoms with E-state index in [0.717, 1.165) is 13.0 Å². The van der Waals surface area contributed by atoms with Gasteiger partial charge in [-0.15, -0.1) is 0 Å². The van der Waals surface area contributed by atoms with E-state index < -0.39 is 0 Å². The van der Waals surface area contributed by atoms with Crippen molar-refractivity contribution in [2.75, 3.05) is 19.6 Å². The molecule has 0 aromatic carbocycles. The summed E-state index contributed by atoms with van der Waals surface area (Å²) in [6, 6.07) is 0. The minimum Gasteiger partial charge on any atom is -0.302 e. The molecule has 0 N–H and O–H groups in total. The Morgan fingerprint density at radius 2 is 1.04 bits per heavy atom. The molecule has 0 aliphatic carbocycles. The SMILES string of the molecule is CCCCCCCCCCCCN(CCC(=O)Cl)CCC(=O)Cl. The Morgan fingerprint density at radius 1 is 0.652 bits per heavy atom. The molecule has 0 aliphatic rings. The van der Waals surface area contributed by atoms with Crippen molar-refractivity contribution >= 4 is 33.7 Å². The van der Waals surface area contributed by atoms with E-state index in [1.54, 1.807) is 0 Å². The fraction of sp³-hybridized carbons (Fsp3) is 0.889. The number of carbonyl (C=O) groups is 2. The molecule has 0 aromatic heterocycles. The highest BCUT2D eigenvalue weighted by molar-refractivity contribution is 6.63. The van der Waals surface area contributed by atoms with Crippen molar-refractivity contribution in [2.45, 2.75) is 84.0 Å². The smallest absolute Gasteiger partial charge is 0.222 e. The molecule has 3 nitrogen and oxygen atoms in total. The van der Waals surface area contributed by atoms with Crippen molar-refractivity contribution in [1.82, 2.24) is 4.90 Å². The summed E-state index contributed by atoms with van der Waals surface area (Å²) in [5.41, 5.74) is 0. The van der Waals surface area contributed by atoms with Crippen molar-refractivity contribution in [3.8, 4) is 0 Å². The monoisotopic (exact) mass is 365 g/mol. The summed E-state index contributed by atoms with van der Waals surface area (Å²) in [6.07, 6.45) is 13.7. The molecule has 0 rings (SSSR count). The summed E-state index contributed by atoms with van der Waals surface area (Å²) in [6.45, 7) is 4.38. The van der Waals surface area contributed by atoms with Crippen molar-refractivity contribution in [3.63, 3.8) is 0 Å². The standard InChI is InChI=1S/C18H33Cl2NO2/c1-2-3-4-5-6-7-8-9-10-11-14-21(15-12-17(19)22)16-13-18(20)23/h2-16H2,1H3. The fourth-order valence-electron chi connectivity index (χ4n) is 2.65.